The van der Waals surface area contributed by atoms with Crippen molar-refractivity contribution < 1.29 is 4.39 Å². The Kier molecular flexibility index (Phi) is 2.98. The molecule has 17 heavy (non-hydrogen) atoms. The van der Waals surface area contributed by atoms with Crippen molar-refractivity contribution in [3.63, 3.8) is 0 Å². The van der Waals surface area contributed by atoms with Crippen LogP contribution >= 0.6 is 0 Å². The third-order valence-corrected chi connectivity index (χ3v) is 3.96. The van der Waals surface area contributed by atoms with Gasteiger partial charge in [-0.25, -0.2) is 4.39 Å². The van der Waals surface area contributed by atoms with Gasteiger partial charge in [-0.1, -0.05) is 30.4 Å². The lowest BCUT2D eigenvalue weighted by molar-refractivity contribution is 0.345. The summed E-state index contributed by atoms with van der Waals surface area (Å²) in [6.07, 6.45) is 9.20. The first-order valence-electron chi connectivity index (χ1n) is 6.50. The second-order valence-electron chi connectivity index (χ2n) is 5.25. The summed E-state index contributed by atoms with van der Waals surface area (Å²) in [7, 11) is 0. The van der Waals surface area contributed by atoms with Crippen molar-refractivity contribution in [2.45, 2.75) is 37.8 Å². The van der Waals surface area contributed by atoms with Crippen molar-refractivity contribution in [2.75, 3.05) is 0 Å². The lowest BCUT2D eigenvalue weighted by Gasteiger charge is -2.26. The summed E-state index contributed by atoms with van der Waals surface area (Å²) in [5.74, 6) is 0.494. The average molecular weight is 231 g/mol. The maximum absolute atomic E-state index is 13.4. The second-order valence-corrected chi connectivity index (χ2v) is 5.25. The predicted octanol–water partition coefficient (Wildman–Crippen LogP) is 3.37. The number of fused-ring (bicyclic) bond motifs is 2. The third-order valence-electron chi connectivity index (χ3n) is 3.96. The Bertz CT molecular complexity index is 415. The molecule has 2 heteroatoms. The summed E-state index contributed by atoms with van der Waals surface area (Å²) < 4.78 is 13.4. The Morgan fingerprint density at radius 2 is 1.82 bits per heavy atom. The highest BCUT2D eigenvalue weighted by atomic mass is 19.1. The standard InChI is InChI=1S/C15H18FN/c16-15-4-2-1-3-12(15)6-5-11-9-13-7-8-14(10-11)17-13/h1-6,11,13-14,17H,7-10H2. The summed E-state index contributed by atoms with van der Waals surface area (Å²) >= 11 is 0. The molecule has 1 N–H and O–H groups in total. The van der Waals surface area contributed by atoms with Gasteiger partial charge in [0, 0.05) is 17.6 Å². The van der Waals surface area contributed by atoms with Crippen LogP contribution in [-0.2, 0) is 0 Å². The smallest absolute Gasteiger partial charge is 0.130 e. The molecule has 0 spiro atoms. The molecule has 3 rings (SSSR count). The largest absolute Gasteiger partial charge is 0.311 e. The summed E-state index contributed by atoms with van der Waals surface area (Å²) in [5, 5.41) is 3.62. The van der Waals surface area contributed by atoms with E-state index in [0.717, 1.165) is 0 Å². The van der Waals surface area contributed by atoms with Crippen molar-refractivity contribution in [3.8, 4) is 0 Å². The molecule has 2 fully saturated rings. The van der Waals surface area contributed by atoms with Crippen LogP contribution in [0.15, 0.2) is 30.3 Å². The first kappa shape index (κ1) is 11.0. The van der Waals surface area contributed by atoms with Gasteiger partial charge in [0.05, 0.1) is 0 Å². The monoisotopic (exact) mass is 231 g/mol. The molecule has 0 aliphatic carbocycles. The zero-order valence-corrected chi connectivity index (χ0v) is 9.90. The van der Waals surface area contributed by atoms with E-state index in [4.69, 9.17) is 0 Å². The van der Waals surface area contributed by atoms with Crippen LogP contribution in [0, 0.1) is 11.7 Å². The maximum atomic E-state index is 13.4. The maximum Gasteiger partial charge on any atom is 0.130 e. The SMILES string of the molecule is Fc1ccccc1C=CC1CC2CCC(C1)N2. The first-order chi connectivity index (χ1) is 8.31. The van der Waals surface area contributed by atoms with E-state index in [-0.39, 0.29) is 5.82 Å². The molecule has 2 aliphatic rings. The summed E-state index contributed by atoms with van der Waals surface area (Å²) in [5.41, 5.74) is 0.707. The molecule has 0 amide bonds. The van der Waals surface area contributed by atoms with Gasteiger partial charge < -0.3 is 5.32 Å². The Balaban J connectivity index is 1.69. The fourth-order valence-electron chi connectivity index (χ4n) is 3.11. The van der Waals surface area contributed by atoms with Crippen LogP contribution in [0.1, 0.15) is 31.2 Å². The zero-order valence-electron chi connectivity index (χ0n) is 9.90. The van der Waals surface area contributed by atoms with Crippen molar-refractivity contribution >= 4 is 6.08 Å². The van der Waals surface area contributed by atoms with Gasteiger partial charge >= 0.3 is 0 Å². The Morgan fingerprint density at radius 1 is 1.12 bits per heavy atom. The van der Waals surface area contributed by atoms with E-state index in [0.29, 0.717) is 23.6 Å². The normalized spacial score (nSPS) is 32.2. The number of halogens is 1. The molecule has 2 atom stereocenters. The molecular formula is C15H18FN. The van der Waals surface area contributed by atoms with Gasteiger partial charge in [0.15, 0.2) is 0 Å². The van der Waals surface area contributed by atoms with Gasteiger partial charge in [-0.3, -0.25) is 0 Å². The van der Waals surface area contributed by atoms with Crippen molar-refractivity contribution in [2.24, 2.45) is 5.92 Å². The summed E-state index contributed by atoms with van der Waals surface area (Å²) in [4.78, 5) is 0. The van der Waals surface area contributed by atoms with Gasteiger partial charge in [-0.05, 0) is 37.7 Å². The number of allylic oxidation sites excluding steroid dienone is 1. The Labute approximate surface area is 102 Å². The fourth-order valence-corrected chi connectivity index (χ4v) is 3.11. The van der Waals surface area contributed by atoms with Gasteiger partial charge in [-0.15, -0.1) is 0 Å². The average Bonchev–Trinajstić information content (AvgIpc) is 2.68. The molecule has 0 saturated carbocycles. The van der Waals surface area contributed by atoms with Gasteiger partial charge in [0.2, 0.25) is 0 Å². The predicted molar refractivity (Wildman–Crippen MR) is 68.1 cm³/mol. The van der Waals surface area contributed by atoms with Crippen LogP contribution in [0.5, 0.6) is 0 Å². The van der Waals surface area contributed by atoms with Gasteiger partial charge in [-0.2, -0.15) is 0 Å². The first-order valence-corrected chi connectivity index (χ1v) is 6.50. The topological polar surface area (TPSA) is 12.0 Å². The second kappa shape index (κ2) is 4.61. The van der Waals surface area contributed by atoms with E-state index in [9.17, 15) is 4.39 Å². The van der Waals surface area contributed by atoms with Crippen LogP contribution in [0.4, 0.5) is 4.39 Å². The number of benzene rings is 1. The molecule has 2 saturated heterocycles. The van der Waals surface area contributed by atoms with Crippen LogP contribution < -0.4 is 5.32 Å². The molecule has 0 aromatic heterocycles. The quantitative estimate of drug-likeness (QED) is 0.823. The molecule has 2 unspecified atom stereocenters. The zero-order chi connectivity index (χ0) is 11.7. The molecule has 2 aliphatic heterocycles. The van der Waals surface area contributed by atoms with Gasteiger partial charge in [0.25, 0.3) is 0 Å². The van der Waals surface area contributed by atoms with Crippen LogP contribution in [0.3, 0.4) is 0 Å². The molecule has 90 valence electrons. The van der Waals surface area contributed by atoms with Crippen molar-refractivity contribution in [1.29, 1.82) is 0 Å². The van der Waals surface area contributed by atoms with E-state index < -0.39 is 0 Å². The minimum Gasteiger partial charge on any atom is -0.311 e. The number of rotatable bonds is 2. The summed E-state index contributed by atoms with van der Waals surface area (Å²) in [6.45, 7) is 0. The number of nitrogens with one attached hydrogen (secondary N) is 1. The number of hydrogen-bond acceptors (Lipinski definition) is 1. The van der Waals surface area contributed by atoms with Crippen LogP contribution in [-0.4, -0.2) is 12.1 Å². The number of hydrogen-bond donors (Lipinski definition) is 1. The van der Waals surface area contributed by atoms with Crippen molar-refractivity contribution in [1.82, 2.24) is 5.32 Å². The van der Waals surface area contributed by atoms with E-state index in [1.54, 1.807) is 6.07 Å². The third kappa shape index (κ3) is 2.42. The molecule has 2 heterocycles. The Morgan fingerprint density at radius 3 is 2.53 bits per heavy atom. The number of piperidine rings is 1. The highest BCUT2D eigenvalue weighted by molar-refractivity contribution is 5.50. The molecule has 1 nitrogen and oxygen atoms in total. The van der Waals surface area contributed by atoms with Gasteiger partial charge in [0.1, 0.15) is 5.82 Å². The van der Waals surface area contributed by atoms with E-state index in [1.807, 2.05) is 18.2 Å². The molecular weight excluding hydrogens is 213 g/mol. The van der Waals surface area contributed by atoms with E-state index >= 15 is 0 Å². The molecule has 0 radical (unpaired) electrons. The molecule has 1 aromatic rings. The van der Waals surface area contributed by atoms with Crippen LogP contribution in [0.25, 0.3) is 6.08 Å². The molecule has 1 aromatic carbocycles. The van der Waals surface area contributed by atoms with E-state index in [1.165, 1.54) is 31.7 Å². The highest BCUT2D eigenvalue weighted by Gasteiger charge is 2.32. The highest BCUT2D eigenvalue weighted by Crippen LogP contribution is 2.31. The summed E-state index contributed by atoms with van der Waals surface area (Å²) in [6, 6.07) is 8.37. The minimum absolute atomic E-state index is 0.124. The lowest BCUT2D eigenvalue weighted by Crippen LogP contribution is -2.37. The van der Waals surface area contributed by atoms with E-state index in [2.05, 4.69) is 11.4 Å². The molecule has 2 bridgehead atoms. The van der Waals surface area contributed by atoms with Crippen molar-refractivity contribution in [3.05, 3.63) is 41.7 Å². The van der Waals surface area contributed by atoms with Crippen LogP contribution in [0.2, 0.25) is 0 Å². The Hall–Kier alpha value is -1.15. The minimum atomic E-state index is -0.124. The lowest BCUT2D eigenvalue weighted by atomic mass is 9.91. The fraction of sp³-hybridized carbons (Fsp3) is 0.467.